The number of nitrogens with one attached hydrogen (secondary N) is 1. The van der Waals surface area contributed by atoms with Crippen LogP contribution in [0.25, 0.3) is 0 Å². The van der Waals surface area contributed by atoms with Crippen molar-refractivity contribution >= 4 is 17.7 Å². The molecule has 1 aromatic rings. The van der Waals surface area contributed by atoms with Crippen LogP contribution in [0, 0.1) is 11.8 Å². The summed E-state index contributed by atoms with van der Waals surface area (Å²) < 4.78 is 5.43. The van der Waals surface area contributed by atoms with Gasteiger partial charge in [0.1, 0.15) is 11.8 Å². The molecule has 2 saturated heterocycles. The van der Waals surface area contributed by atoms with Gasteiger partial charge in [-0.05, 0) is 62.8 Å². The summed E-state index contributed by atoms with van der Waals surface area (Å²) in [7, 11) is 0. The van der Waals surface area contributed by atoms with E-state index in [0.717, 1.165) is 25.9 Å². The first-order valence-electron chi connectivity index (χ1n) is 12.5. The van der Waals surface area contributed by atoms with Gasteiger partial charge >= 0.3 is 0 Å². The van der Waals surface area contributed by atoms with Crippen LogP contribution in [0.1, 0.15) is 69.7 Å². The number of likely N-dealkylation sites (tertiary alicyclic amines) is 2. The van der Waals surface area contributed by atoms with Gasteiger partial charge in [-0.25, -0.2) is 0 Å². The van der Waals surface area contributed by atoms with Crippen molar-refractivity contribution in [3.05, 3.63) is 29.8 Å². The molecule has 0 unspecified atom stereocenters. The lowest BCUT2D eigenvalue weighted by Crippen LogP contribution is -2.53. The van der Waals surface area contributed by atoms with Crippen molar-refractivity contribution in [3.8, 4) is 5.75 Å². The van der Waals surface area contributed by atoms with Crippen LogP contribution in [0.3, 0.4) is 0 Å². The van der Waals surface area contributed by atoms with Gasteiger partial charge < -0.3 is 19.9 Å². The lowest BCUT2D eigenvalue weighted by molar-refractivity contribution is -0.142. The number of benzene rings is 1. The summed E-state index contributed by atoms with van der Waals surface area (Å²) in [5, 5.41) is 2.93. The van der Waals surface area contributed by atoms with Crippen molar-refractivity contribution in [3.63, 3.8) is 0 Å². The van der Waals surface area contributed by atoms with Crippen LogP contribution >= 0.6 is 0 Å². The van der Waals surface area contributed by atoms with Gasteiger partial charge in [0.2, 0.25) is 11.8 Å². The van der Waals surface area contributed by atoms with Gasteiger partial charge in [0, 0.05) is 37.7 Å². The van der Waals surface area contributed by atoms with E-state index >= 15 is 0 Å². The highest BCUT2D eigenvalue weighted by Crippen LogP contribution is 2.23. The molecule has 2 aliphatic heterocycles. The van der Waals surface area contributed by atoms with Crippen LogP contribution in [0.4, 0.5) is 0 Å². The van der Waals surface area contributed by atoms with E-state index in [4.69, 9.17) is 4.74 Å². The Morgan fingerprint density at radius 1 is 0.939 bits per heavy atom. The Balaban J connectivity index is 1.55. The molecule has 7 heteroatoms. The minimum atomic E-state index is -0.595. The molecule has 0 aliphatic carbocycles. The van der Waals surface area contributed by atoms with Crippen molar-refractivity contribution in [2.75, 3.05) is 32.8 Å². The molecule has 0 spiro atoms. The third kappa shape index (κ3) is 6.71. The zero-order valence-corrected chi connectivity index (χ0v) is 20.3. The lowest BCUT2D eigenvalue weighted by atomic mass is 9.93. The van der Waals surface area contributed by atoms with Crippen molar-refractivity contribution in [1.82, 2.24) is 15.1 Å². The minimum absolute atomic E-state index is 0.00287. The fraction of sp³-hybridized carbons (Fsp3) is 0.654. The molecular formula is C26H39N3O4. The normalized spacial score (nSPS) is 18.5. The first kappa shape index (κ1) is 25.1. The largest absolute Gasteiger partial charge is 0.494 e. The second kappa shape index (κ2) is 12.1. The highest BCUT2D eigenvalue weighted by Gasteiger charge is 2.34. The standard InChI is InChI=1S/C26H39N3O4/c1-4-33-22-11-9-20(10-12-22)24(30)27-23(19(2)3)26(32)29-17-13-21(14-18-29)25(31)28-15-7-5-6-8-16-28/h9-12,19,21,23H,4-8,13-18H2,1-3H3,(H,27,30)/t23-/m0/s1. The number of hydrogen-bond donors (Lipinski definition) is 1. The predicted molar refractivity (Wildman–Crippen MR) is 128 cm³/mol. The summed E-state index contributed by atoms with van der Waals surface area (Å²) in [5.74, 6) is 0.598. The van der Waals surface area contributed by atoms with Crippen molar-refractivity contribution in [1.29, 1.82) is 0 Å². The zero-order chi connectivity index (χ0) is 23.8. The van der Waals surface area contributed by atoms with Gasteiger partial charge in [-0.3, -0.25) is 14.4 Å². The molecule has 0 radical (unpaired) electrons. The Kier molecular flexibility index (Phi) is 9.15. The van der Waals surface area contributed by atoms with E-state index in [9.17, 15) is 14.4 Å². The third-order valence-corrected chi connectivity index (χ3v) is 6.72. The van der Waals surface area contributed by atoms with E-state index in [1.165, 1.54) is 12.8 Å². The third-order valence-electron chi connectivity index (χ3n) is 6.72. The summed E-state index contributed by atoms with van der Waals surface area (Å²) >= 11 is 0. The highest BCUT2D eigenvalue weighted by molar-refractivity contribution is 5.97. The average Bonchev–Trinajstić information content (AvgIpc) is 3.12. The van der Waals surface area contributed by atoms with Crippen molar-refractivity contribution in [2.24, 2.45) is 11.8 Å². The molecule has 3 rings (SSSR count). The van der Waals surface area contributed by atoms with E-state index in [2.05, 4.69) is 5.32 Å². The SMILES string of the molecule is CCOc1ccc(C(=O)N[C@H](C(=O)N2CCC(C(=O)N3CCCCCC3)CC2)C(C)C)cc1. The quantitative estimate of drug-likeness (QED) is 0.680. The molecule has 3 amide bonds. The molecule has 0 saturated carbocycles. The summed E-state index contributed by atoms with van der Waals surface area (Å²) in [4.78, 5) is 42.8. The number of ether oxygens (including phenoxy) is 1. The molecule has 1 aromatic carbocycles. The van der Waals surface area contributed by atoms with Gasteiger partial charge in [-0.1, -0.05) is 26.7 Å². The molecule has 2 aliphatic rings. The second-order valence-corrected chi connectivity index (χ2v) is 9.49. The zero-order valence-electron chi connectivity index (χ0n) is 20.3. The monoisotopic (exact) mass is 457 g/mol. The number of hydrogen-bond acceptors (Lipinski definition) is 4. The van der Waals surface area contributed by atoms with Crippen LogP contribution in [-0.2, 0) is 9.59 Å². The molecule has 2 fully saturated rings. The van der Waals surface area contributed by atoms with Gasteiger partial charge in [0.15, 0.2) is 0 Å². The van der Waals surface area contributed by atoms with Gasteiger partial charge in [0.25, 0.3) is 5.91 Å². The van der Waals surface area contributed by atoms with Crippen molar-refractivity contribution < 1.29 is 19.1 Å². The summed E-state index contributed by atoms with van der Waals surface area (Å²) in [6.45, 7) is 9.21. The molecule has 7 nitrogen and oxygen atoms in total. The Hall–Kier alpha value is -2.57. The maximum atomic E-state index is 13.3. The van der Waals surface area contributed by atoms with Gasteiger partial charge in [-0.2, -0.15) is 0 Å². The van der Waals surface area contributed by atoms with E-state index < -0.39 is 6.04 Å². The average molecular weight is 458 g/mol. The van der Waals surface area contributed by atoms with E-state index in [1.54, 1.807) is 24.3 Å². The molecule has 1 atom stereocenters. The van der Waals surface area contributed by atoms with E-state index in [1.807, 2.05) is 30.6 Å². The Morgan fingerprint density at radius 2 is 1.55 bits per heavy atom. The summed E-state index contributed by atoms with van der Waals surface area (Å²) in [5.41, 5.74) is 0.499. The molecular weight excluding hydrogens is 418 g/mol. The van der Waals surface area contributed by atoms with Crippen LogP contribution in [0.15, 0.2) is 24.3 Å². The summed E-state index contributed by atoms with van der Waals surface area (Å²) in [6, 6.07) is 6.35. The number of rotatable bonds is 7. The van der Waals surface area contributed by atoms with E-state index in [-0.39, 0.29) is 29.6 Å². The Morgan fingerprint density at radius 3 is 2.09 bits per heavy atom. The molecule has 182 valence electrons. The molecule has 33 heavy (non-hydrogen) atoms. The molecule has 2 heterocycles. The van der Waals surface area contributed by atoms with Crippen LogP contribution < -0.4 is 10.1 Å². The predicted octanol–water partition coefficient (Wildman–Crippen LogP) is 3.48. The molecule has 0 bridgehead atoms. The topological polar surface area (TPSA) is 79.0 Å². The second-order valence-electron chi connectivity index (χ2n) is 9.49. The maximum absolute atomic E-state index is 13.3. The number of piperidine rings is 1. The number of carbonyl (C=O) groups is 3. The van der Waals surface area contributed by atoms with Gasteiger partial charge in [0.05, 0.1) is 6.61 Å². The number of carbonyl (C=O) groups excluding carboxylic acids is 3. The van der Waals surface area contributed by atoms with Gasteiger partial charge in [-0.15, -0.1) is 0 Å². The Labute approximate surface area is 197 Å². The highest BCUT2D eigenvalue weighted by atomic mass is 16.5. The number of amides is 3. The minimum Gasteiger partial charge on any atom is -0.494 e. The smallest absolute Gasteiger partial charge is 0.251 e. The molecule has 1 N–H and O–H groups in total. The van der Waals surface area contributed by atoms with Crippen LogP contribution in [0.2, 0.25) is 0 Å². The Bertz CT molecular complexity index is 792. The van der Waals surface area contributed by atoms with Crippen LogP contribution in [0.5, 0.6) is 5.75 Å². The lowest BCUT2D eigenvalue weighted by Gasteiger charge is -2.36. The summed E-state index contributed by atoms with van der Waals surface area (Å²) in [6.07, 6.45) is 5.98. The van der Waals surface area contributed by atoms with E-state index in [0.29, 0.717) is 43.9 Å². The fourth-order valence-corrected chi connectivity index (χ4v) is 4.70. The first-order valence-corrected chi connectivity index (χ1v) is 12.5. The first-order chi connectivity index (χ1) is 15.9. The molecule has 0 aromatic heterocycles. The van der Waals surface area contributed by atoms with Crippen LogP contribution in [-0.4, -0.2) is 66.3 Å². The fourth-order valence-electron chi connectivity index (χ4n) is 4.70. The number of nitrogens with zero attached hydrogens (tertiary/aromatic N) is 2. The van der Waals surface area contributed by atoms with Crippen molar-refractivity contribution in [2.45, 2.75) is 65.3 Å². The maximum Gasteiger partial charge on any atom is 0.251 e.